The second-order valence-electron chi connectivity index (χ2n) is 7.48. The number of hydrogen-bond donors (Lipinski definition) is 3. The standard InChI is InChI=1S/C18H26N2O4/c1-18(2,3)24-17(22)19-7-6-11-4-5-13-12(8-11)16-9-14(20-13)15(21)10-23-16/h4-5,8,14-16,20-21H,6-7,9-10H2,1-3H3,(H,19,22)/t14-,15+,16-/m0/s1. The molecule has 3 atom stereocenters. The van der Waals surface area contributed by atoms with E-state index in [1.807, 2.05) is 32.9 Å². The van der Waals surface area contributed by atoms with Gasteiger partial charge in [0, 0.05) is 24.2 Å². The van der Waals surface area contributed by atoms with Crippen LogP contribution in [-0.2, 0) is 15.9 Å². The van der Waals surface area contributed by atoms with E-state index in [2.05, 4.69) is 16.7 Å². The van der Waals surface area contributed by atoms with Crippen molar-refractivity contribution in [3.8, 4) is 0 Å². The second kappa shape index (κ2) is 6.61. The zero-order valence-electron chi connectivity index (χ0n) is 14.5. The highest BCUT2D eigenvalue weighted by atomic mass is 16.6. The van der Waals surface area contributed by atoms with Crippen molar-refractivity contribution in [2.75, 3.05) is 18.5 Å². The molecule has 1 saturated heterocycles. The first kappa shape index (κ1) is 17.0. The lowest BCUT2D eigenvalue weighted by atomic mass is 9.89. The van der Waals surface area contributed by atoms with Gasteiger partial charge >= 0.3 is 6.09 Å². The second-order valence-corrected chi connectivity index (χ2v) is 7.48. The summed E-state index contributed by atoms with van der Waals surface area (Å²) in [5.74, 6) is 0. The third kappa shape index (κ3) is 3.99. The molecule has 0 unspecified atom stereocenters. The molecule has 1 fully saturated rings. The van der Waals surface area contributed by atoms with Crippen molar-refractivity contribution in [3.63, 3.8) is 0 Å². The average molecular weight is 334 g/mol. The van der Waals surface area contributed by atoms with Gasteiger partial charge in [0.15, 0.2) is 0 Å². The quantitative estimate of drug-likeness (QED) is 0.791. The summed E-state index contributed by atoms with van der Waals surface area (Å²) >= 11 is 0. The van der Waals surface area contributed by atoms with Gasteiger partial charge in [-0.05, 0) is 38.8 Å². The summed E-state index contributed by atoms with van der Waals surface area (Å²) in [5.41, 5.74) is 2.81. The molecule has 132 valence electrons. The number of aliphatic hydroxyl groups excluding tert-OH is 1. The fraction of sp³-hybridized carbons (Fsp3) is 0.611. The Labute approximate surface area is 142 Å². The molecule has 0 aliphatic carbocycles. The summed E-state index contributed by atoms with van der Waals surface area (Å²) in [5, 5.41) is 16.1. The third-order valence-electron chi connectivity index (χ3n) is 4.29. The molecule has 0 spiro atoms. The van der Waals surface area contributed by atoms with Crippen LogP contribution in [0.25, 0.3) is 0 Å². The van der Waals surface area contributed by atoms with Crippen LogP contribution < -0.4 is 10.6 Å². The highest BCUT2D eigenvalue weighted by Crippen LogP contribution is 2.39. The van der Waals surface area contributed by atoms with E-state index in [0.717, 1.165) is 29.7 Å². The fourth-order valence-electron chi connectivity index (χ4n) is 3.15. The topological polar surface area (TPSA) is 79.8 Å². The highest BCUT2D eigenvalue weighted by molar-refractivity contribution is 5.67. The minimum atomic E-state index is -0.485. The van der Waals surface area contributed by atoms with Gasteiger partial charge in [0.25, 0.3) is 0 Å². The third-order valence-corrected chi connectivity index (χ3v) is 4.29. The van der Waals surface area contributed by atoms with E-state index in [-0.39, 0.29) is 12.1 Å². The first-order chi connectivity index (χ1) is 11.3. The number of benzene rings is 1. The largest absolute Gasteiger partial charge is 0.444 e. The molecule has 1 aromatic rings. The SMILES string of the molecule is CC(C)(C)OC(=O)NCCc1ccc2c(c1)[C@@H]1C[C@H](N2)[C@H](O)CO1. The summed E-state index contributed by atoms with van der Waals surface area (Å²) in [7, 11) is 0. The van der Waals surface area contributed by atoms with Crippen molar-refractivity contribution in [1.82, 2.24) is 5.32 Å². The van der Waals surface area contributed by atoms with Gasteiger partial charge in [-0.15, -0.1) is 0 Å². The number of anilines is 1. The Morgan fingerprint density at radius 2 is 2.25 bits per heavy atom. The number of fused-ring (bicyclic) bond motifs is 4. The number of carbonyl (C=O) groups is 1. The van der Waals surface area contributed by atoms with Crippen LogP contribution in [-0.4, -0.2) is 42.1 Å². The van der Waals surface area contributed by atoms with Gasteiger partial charge in [-0.2, -0.15) is 0 Å². The van der Waals surface area contributed by atoms with E-state index in [0.29, 0.717) is 13.2 Å². The molecule has 2 aliphatic heterocycles. The summed E-state index contributed by atoms with van der Waals surface area (Å²) < 4.78 is 11.0. The zero-order valence-corrected chi connectivity index (χ0v) is 14.5. The number of nitrogens with one attached hydrogen (secondary N) is 2. The molecule has 1 amide bonds. The van der Waals surface area contributed by atoms with E-state index in [9.17, 15) is 9.90 Å². The maximum absolute atomic E-state index is 11.7. The van der Waals surface area contributed by atoms with Crippen LogP contribution in [0.2, 0.25) is 0 Å². The molecule has 6 nitrogen and oxygen atoms in total. The van der Waals surface area contributed by atoms with Gasteiger partial charge < -0.3 is 25.2 Å². The monoisotopic (exact) mass is 334 g/mol. The van der Waals surface area contributed by atoms with Crippen LogP contribution >= 0.6 is 0 Å². The van der Waals surface area contributed by atoms with E-state index < -0.39 is 17.8 Å². The van der Waals surface area contributed by atoms with Crippen molar-refractivity contribution in [2.45, 2.75) is 57.5 Å². The number of hydrogen-bond acceptors (Lipinski definition) is 5. The molecule has 3 rings (SSSR count). The molecular formula is C18H26N2O4. The van der Waals surface area contributed by atoms with Crippen LogP contribution in [0.4, 0.5) is 10.5 Å². The Bertz CT molecular complexity index is 612. The van der Waals surface area contributed by atoms with E-state index >= 15 is 0 Å². The fourth-order valence-corrected chi connectivity index (χ4v) is 3.15. The van der Waals surface area contributed by atoms with Crippen LogP contribution in [0, 0.1) is 0 Å². The minimum Gasteiger partial charge on any atom is -0.444 e. The van der Waals surface area contributed by atoms with Crippen molar-refractivity contribution >= 4 is 11.8 Å². The van der Waals surface area contributed by atoms with Crippen molar-refractivity contribution < 1.29 is 19.4 Å². The number of aliphatic hydroxyl groups is 1. The lowest BCUT2D eigenvalue weighted by Gasteiger charge is -2.40. The number of rotatable bonds is 3. The number of carbonyl (C=O) groups excluding carboxylic acids is 1. The van der Waals surface area contributed by atoms with Crippen LogP contribution in [0.3, 0.4) is 0 Å². The smallest absolute Gasteiger partial charge is 0.407 e. The first-order valence-electron chi connectivity index (χ1n) is 8.48. The first-order valence-corrected chi connectivity index (χ1v) is 8.48. The maximum Gasteiger partial charge on any atom is 0.407 e. The Kier molecular flexibility index (Phi) is 4.69. The Morgan fingerprint density at radius 1 is 1.46 bits per heavy atom. The Balaban J connectivity index is 1.58. The lowest BCUT2D eigenvalue weighted by molar-refractivity contribution is -0.0672. The minimum absolute atomic E-state index is 0.0356. The highest BCUT2D eigenvalue weighted by Gasteiger charge is 2.36. The number of alkyl carbamates (subject to hydrolysis) is 1. The number of ether oxygens (including phenoxy) is 2. The van der Waals surface area contributed by atoms with Crippen LogP contribution in [0.5, 0.6) is 0 Å². The predicted octanol–water partition coefficient (Wildman–Crippen LogP) is 2.37. The molecule has 1 aromatic carbocycles. The van der Waals surface area contributed by atoms with Gasteiger partial charge in [0.2, 0.25) is 0 Å². The Hall–Kier alpha value is -1.79. The molecule has 2 bridgehead atoms. The molecule has 3 N–H and O–H groups in total. The lowest BCUT2D eigenvalue weighted by Crippen LogP contribution is -2.46. The average Bonchev–Trinajstić information content (AvgIpc) is 2.49. The maximum atomic E-state index is 11.7. The zero-order chi connectivity index (χ0) is 17.3. The van der Waals surface area contributed by atoms with Gasteiger partial charge in [0.1, 0.15) is 5.60 Å². The van der Waals surface area contributed by atoms with E-state index in [1.165, 1.54) is 0 Å². The summed E-state index contributed by atoms with van der Waals surface area (Å²) in [6.45, 7) is 6.42. The van der Waals surface area contributed by atoms with Gasteiger partial charge in [-0.3, -0.25) is 0 Å². The van der Waals surface area contributed by atoms with Gasteiger partial charge in [-0.1, -0.05) is 12.1 Å². The number of amides is 1. The normalized spacial score (nSPS) is 25.4. The van der Waals surface area contributed by atoms with Crippen LogP contribution in [0.1, 0.15) is 44.4 Å². The van der Waals surface area contributed by atoms with Gasteiger partial charge in [-0.25, -0.2) is 4.79 Å². The van der Waals surface area contributed by atoms with Crippen molar-refractivity contribution in [3.05, 3.63) is 29.3 Å². The summed E-state index contributed by atoms with van der Waals surface area (Å²) in [6.07, 6.45) is 0.703. The van der Waals surface area contributed by atoms with E-state index in [4.69, 9.17) is 9.47 Å². The molecule has 2 aliphatic rings. The summed E-state index contributed by atoms with van der Waals surface area (Å²) in [6, 6.07) is 6.25. The predicted molar refractivity (Wildman–Crippen MR) is 91.1 cm³/mol. The van der Waals surface area contributed by atoms with E-state index in [1.54, 1.807) is 0 Å². The molecule has 0 saturated carbocycles. The van der Waals surface area contributed by atoms with Crippen LogP contribution in [0.15, 0.2) is 18.2 Å². The molecule has 24 heavy (non-hydrogen) atoms. The Morgan fingerprint density at radius 3 is 3.00 bits per heavy atom. The van der Waals surface area contributed by atoms with Crippen molar-refractivity contribution in [2.24, 2.45) is 0 Å². The molecule has 2 heterocycles. The molecular weight excluding hydrogens is 308 g/mol. The molecule has 0 aromatic heterocycles. The van der Waals surface area contributed by atoms with Gasteiger partial charge in [0.05, 0.1) is 24.9 Å². The molecule has 6 heteroatoms. The van der Waals surface area contributed by atoms with Crippen molar-refractivity contribution in [1.29, 1.82) is 0 Å². The molecule has 0 radical (unpaired) electrons. The summed E-state index contributed by atoms with van der Waals surface area (Å²) in [4.78, 5) is 11.7.